The van der Waals surface area contributed by atoms with E-state index in [4.69, 9.17) is 4.74 Å². The molecule has 3 heterocycles. The molecule has 1 aliphatic heterocycles. The number of carbonyl (C=O) groups is 1. The Morgan fingerprint density at radius 3 is 2.81 bits per heavy atom. The third kappa shape index (κ3) is 2.78. The molecule has 110 valence electrons. The van der Waals surface area contributed by atoms with Crippen LogP contribution >= 0.6 is 0 Å². The number of H-pyrrole nitrogens is 1. The van der Waals surface area contributed by atoms with Crippen molar-refractivity contribution in [2.24, 2.45) is 0 Å². The van der Waals surface area contributed by atoms with Crippen LogP contribution in [0.2, 0.25) is 0 Å². The Labute approximate surface area is 121 Å². The molecule has 0 radical (unpaired) electrons. The molecule has 0 spiro atoms. The second-order valence-corrected chi connectivity index (χ2v) is 4.69. The predicted molar refractivity (Wildman–Crippen MR) is 75.3 cm³/mol. The minimum absolute atomic E-state index is 0.0954. The summed E-state index contributed by atoms with van der Waals surface area (Å²) < 4.78 is 5.20. The molecule has 8 nitrogen and oxygen atoms in total. The van der Waals surface area contributed by atoms with E-state index in [2.05, 4.69) is 25.3 Å². The van der Waals surface area contributed by atoms with Crippen molar-refractivity contribution in [3.05, 3.63) is 30.2 Å². The van der Waals surface area contributed by atoms with E-state index in [1.807, 2.05) is 12.1 Å². The zero-order valence-electron chi connectivity index (χ0n) is 11.7. The lowest BCUT2D eigenvalue weighted by atomic mass is 10.2. The van der Waals surface area contributed by atoms with E-state index in [0.29, 0.717) is 18.8 Å². The summed E-state index contributed by atoms with van der Waals surface area (Å²) in [4.78, 5) is 20.4. The van der Waals surface area contributed by atoms with E-state index < -0.39 is 0 Å². The van der Waals surface area contributed by atoms with Gasteiger partial charge in [-0.3, -0.25) is 4.79 Å². The molecule has 0 bridgehead atoms. The molecule has 1 aliphatic rings. The van der Waals surface area contributed by atoms with Crippen LogP contribution in [-0.4, -0.2) is 64.5 Å². The van der Waals surface area contributed by atoms with Crippen molar-refractivity contribution in [2.75, 3.05) is 38.2 Å². The van der Waals surface area contributed by atoms with Crippen LogP contribution in [0.3, 0.4) is 0 Å². The van der Waals surface area contributed by atoms with Crippen molar-refractivity contribution in [2.45, 2.75) is 0 Å². The molecule has 1 saturated heterocycles. The number of anilines is 1. The maximum atomic E-state index is 12.2. The number of carbonyl (C=O) groups excluding carboxylic acids is 1. The van der Waals surface area contributed by atoms with E-state index in [0.717, 1.165) is 24.7 Å². The van der Waals surface area contributed by atoms with Gasteiger partial charge in [-0.1, -0.05) is 0 Å². The molecule has 1 fully saturated rings. The van der Waals surface area contributed by atoms with Crippen molar-refractivity contribution >= 4 is 11.7 Å². The number of nitrogens with one attached hydrogen (secondary N) is 1. The first-order chi connectivity index (χ1) is 10.3. The lowest BCUT2D eigenvalue weighted by Crippen LogP contribution is -2.49. The predicted octanol–water partition coefficient (Wildman–Crippen LogP) is 0.171. The second-order valence-electron chi connectivity index (χ2n) is 4.69. The molecule has 0 aliphatic carbocycles. The number of hydrogen-bond acceptors (Lipinski definition) is 6. The van der Waals surface area contributed by atoms with E-state index in [1.165, 1.54) is 6.20 Å². The second kappa shape index (κ2) is 5.78. The van der Waals surface area contributed by atoms with Gasteiger partial charge in [0.05, 0.1) is 13.3 Å². The monoisotopic (exact) mass is 288 g/mol. The van der Waals surface area contributed by atoms with Gasteiger partial charge >= 0.3 is 0 Å². The third-order valence-electron chi connectivity index (χ3n) is 3.48. The maximum Gasteiger partial charge on any atom is 0.276 e. The molecule has 3 rings (SSSR count). The van der Waals surface area contributed by atoms with Gasteiger partial charge in [-0.25, -0.2) is 4.98 Å². The molecule has 2 aromatic heterocycles. The summed E-state index contributed by atoms with van der Waals surface area (Å²) in [6.07, 6.45) is 3.17. The number of aromatic nitrogens is 4. The zero-order chi connectivity index (χ0) is 14.7. The number of nitrogens with zero attached hydrogens (tertiary/aromatic N) is 5. The fourth-order valence-electron chi connectivity index (χ4n) is 2.30. The lowest BCUT2D eigenvalue weighted by Gasteiger charge is -2.35. The first kappa shape index (κ1) is 13.3. The van der Waals surface area contributed by atoms with E-state index >= 15 is 0 Å². The number of aromatic amines is 1. The highest BCUT2D eigenvalue weighted by Gasteiger charge is 2.24. The van der Waals surface area contributed by atoms with Crippen LogP contribution in [0, 0.1) is 0 Å². The molecule has 8 heteroatoms. The van der Waals surface area contributed by atoms with Gasteiger partial charge in [0, 0.05) is 38.4 Å². The van der Waals surface area contributed by atoms with Gasteiger partial charge in [0.2, 0.25) is 0 Å². The van der Waals surface area contributed by atoms with Gasteiger partial charge in [-0.2, -0.15) is 15.4 Å². The van der Waals surface area contributed by atoms with Gasteiger partial charge in [0.15, 0.2) is 5.69 Å². The fraction of sp³-hybridized carbons (Fsp3) is 0.385. The number of hydrogen-bond donors (Lipinski definition) is 1. The van der Waals surface area contributed by atoms with Crippen molar-refractivity contribution in [1.82, 2.24) is 25.3 Å². The van der Waals surface area contributed by atoms with E-state index in [1.54, 1.807) is 18.2 Å². The molecule has 0 saturated carbocycles. The van der Waals surface area contributed by atoms with Crippen molar-refractivity contribution < 1.29 is 9.53 Å². The maximum absolute atomic E-state index is 12.2. The number of pyridine rings is 1. The minimum atomic E-state index is -0.0954. The average Bonchev–Trinajstić information content (AvgIpc) is 3.09. The molecule has 2 aromatic rings. The number of piperazine rings is 1. The molecule has 0 unspecified atom stereocenters. The summed E-state index contributed by atoms with van der Waals surface area (Å²) in [6, 6.07) is 3.71. The summed E-state index contributed by atoms with van der Waals surface area (Å²) in [5.74, 6) is 1.55. The van der Waals surface area contributed by atoms with Gasteiger partial charge < -0.3 is 14.5 Å². The van der Waals surface area contributed by atoms with E-state index in [9.17, 15) is 4.79 Å². The van der Waals surface area contributed by atoms with Crippen LogP contribution in [0.4, 0.5) is 5.82 Å². The fourth-order valence-corrected chi connectivity index (χ4v) is 2.30. The van der Waals surface area contributed by atoms with Crippen LogP contribution in [0.5, 0.6) is 5.75 Å². The summed E-state index contributed by atoms with van der Waals surface area (Å²) >= 11 is 0. The molecule has 0 aromatic carbocycles. The standard InChI is InChI=1S/C13H16N6O2/c1-21-10-2-3-14-12(8-10)18-4-6-19(7-5-18)13(20)11-9-15-17-16-11/h2-3,8-9H,4-7H2,1H3,(H,15,16,17). The molecular formula is C13H16N6O2. The average molecular weight is 288 g/mol. The van der Waals surface area contributed by atoms with Crippen molar-refractivity contribution in [3.8, 4) is 5.75 Å². The Morgan fingerprint density at radius 2 is 2.14 bits per heavy atom. The van der Waals surface area contributed by atoms with Gasteiger partial charge in [0.25, 0.3) is 5.91 Å². The third-order valence-corrected chi connectivity index (χ3v) is 3.48. The zero-order valence-corrected chi connectivity index (χ0v) is 11.7. The Hall–Kier alpha value is -2.64. The Morgan fingerprint density at radius 1 is 1.33 bits per heavy atom. The molecular weight excluding hydrogens is 272 g/mol. The molecule has 1 amide bonds. The van der Waals surface area contributed by atoms with Crippen LogP contribution in [0.25, 0.3) is 0 Å². The van der Waals surface area contributed by atoms with E-state index in [-0.39, 0.29) is 5.91 Å². The van der Waals surface area contributed by atoms with Gasteiger partial charge in [-0.05, 0) is 6.07 Å². The highest BCUT2D eigenvalue weighted by molar-refractivity contribution is 5.92. The number of ether oxygens (including phenoxy) is 1. The summed E-state index contributed by atoms with van der Waals surface area (Å²) in [5, 5.41) is 9.94. The Balaban J connectivity index is 1.63. The SMILES string of the molecule is COc1ccnc(N2CCN(C(=O)c3cn[nH]n3)CC2)c1. The first-order valence-corrected chi connectivity index (χ1v) is 6.68. The number of methoxy groups -OCH3 is 1. The lowest BCUT2D eigenvalue weighted by molar-refractivity contribution is 0.0740. The summed E-state index contributed by atoms with van der Waals surface area (Å²) in [7, 11) is 1.63. The smallest absolute Gasteiger partial charge is 0.276 e. The van der Waals surface area contributed by atoms with Crippen LogP contribution in [0.1, 0.15) is 10.5 Å². The molecule has 0 atom stereocenters. The van der Waals surface area contributed by atoms with Gasteiger partial charge in [0.1, 0.15) is 11.6 Å². The van der Waals surface area contributed by atoms with Crippen LogP contribution in [-0.2, 0) is 0 Å². The minimum Gasteiger partial charge on any atom is -0.497 e. The van der Waals surface area contributed by atoms with Crippen molar-refractivity contribution in [1.29, 1.82) is 0 Å². The quantitative estimate of drug-likeness (QED) is 0.866. The molecule has 21 heavy (non-hydrogen) atoms. The summed E-state index contributed by atoms with van der Waals surface area (Å²) in [5.41, 5.74) is 0.350. The van der Waals surface area contributed by atoms with Gasteiger partial charge in [-0.15, -0.1) is 0 Å². The summed E-state index contributed by atoms with van der Waals surface area (Å²) in [6.45, 7) is 2.71. The Bertz CT molecular complexity index is 607. The van der Waals surface area contributed by atoms with Crippen molar-refractivity contribution in [3.63, 3.8) is 0 Å². The number of rotatable bonds is 3. The highest BCUT2D eigenvalue weighted by atomic mass is 16.5. The van der Waals surface area contributed by atoms with Crippen LogP contribution in [0.15, 0.2) is 24.5 Å². The normalized spacial score (nSPS) is 15.1. The molecule has 1 N–H and O–H groups in total. The highest BCUT2D eigenvalue weighted by Crippen LogP contribution is 2.19. The Kier molecular flexibility index (Phi) is 3.67. The largest absolute Gasteiger partial charge is 0.497 e. The first-order valence-electron chi connectivity index (χ1n) is 6.68. The topological polar surface area (TPSA) is 87.2 Å². The van der Waals surface area contributed by atoms with Crippen LogP contribution < -0.4 is 9.64 Å². The number of amides is 1.